The van der Waals surface area contributed by atoms with Crippen molar-refractivity contribution in [3.8, 4) is 0 Å². The number of hydrogen-bond donors (Lipinski definition) is 1. The average molecular weight is 130 g/mol. The Bertz CT molecular complexity index is 99.1. The quantitative estimate of drug-likeness (QED) is 0.256. The minimum Gasteiger partial charge on any atom is -0.258 e. The fourth-order valence-corrected chi connectivity index (χ4v) is 0.313. The van der Waals surface area contributed by atoms with Crippen molar-refractivity contribution in [1.29, 1.82) is 0 Å². The van der Waals surface area contributed by atoms with Crippen LogP contribution in [0.5, 0.6) is 0 Å². The van der Waals surface area contributed by atoms with Crippen LogP contribution in [0.25, 0.3) is 0 Å². The minimum atomic E-state index is 0.571. The van der Waals surface area contributed by atoms with Gasteiger partial charge in [-0.1, -0.05) is 18.4 Å². The second-order valence-corrected chi connectivity index (χ2v) is 1.50. The smallest absolute Gasteiger partial charge is 0.258 e. The van der Waals surface area contributed by atoms with Gasteiger partial charge in [0.1, 0.15) is 0 Å². The standard InChI is InChI=1S/C5H10N2O2/c1-2-3-4-9-7-6-5-8/h7H,2-4H2,1H3. The first-order valence-electron chi connectivity index (χ1n) is 2.85. The number of carbonyl (C=O) groups excluding carboxylic acids is 1. The van der Waals surface area contributed by atoms with Crippen molar-refractivity contribution in [2.24, 2.45) is 5.10 Å². The van der Waals surface area contributed by atoms with Gasteiger partial charge in [0.05, 0.1) is 6.61 Å². The van der Waals surface area contributed by atoms with Crippen LogP contribution in [0.4, 0.5) is 0 Å². The Morgan fingerprint density at radius 1 is 1.78 bits per heavy atom. The number of rotatable bonds is 5. The highest BCUT2D eigenvalue weighted by Crippen LogP contribution is 1.83. The minimum absolute atomic E-state index is 0.571. The van der Waals surface area contributed by atoms with Gasteiger partial charge in [-0.15, -0.1) is 0 Å². The molecule has 0 unspecified atom stereocenters. The van der Waals surface area contributed by atoms with Gasteiger partial charge in [-0.3, -0.25) is 4.84 Å². The van der Waals surface area contributed by atoms with Gasteiger partial charge in [-0.25, -0.2) is 4.79 Å². The summed E-state index contributed by atoms with van der Waals surface area (Å²) < 4.78 is 0. The maximum absolute atomic E-state index is 9.40. The summed E-state index contributed by atoms with van der Waals surface area (Å²) >= 11 is 0. The van der Waals surface area contributed by atoms with Crippen LogP contribution in [0.15, 0.2) is 5.10 Å². The molecule has 0 aliphatic heterocycles. The molecule has 0 amide bonds. The maximum atomic E-state index is 9.40. The molecule has 52 valence electrons. The molecular weight excluding hydrogens is 120 g/mol. The highest BCUT2D eigenvalue weighted by molar-refractivity contribution is 5.31. The first-order valence-corrected chi connectivity index (χ1v) is 2.85. The molecule has 0 radical (unpaired) electrons. The van der Waals surface area contributed by atoms with E-state index in [1.165, 1.54) is 6.08 Å². The molecule has 0 saturated heterocycles. The van der Waals surface area contributed by atoms with E-state index in [0.29, 0.717) is 6.61 Å². The molecule has 0 aliphatic rings. The van der Waals surface area contributed by atoms with Crippen molar-refractivity contribution in [3.63, 3.8) is 0 Å². The van der Waals surface area contributed by atoms with Crippen molar-refractivity contribution < 1.29 is 9.63 Å². The summed E-state index contributed by atoms with van der Waals surface area (Å²) in [7, 11) is 0. The summed E-state index contributed by atoms with van der Waals surface area (Å²) in [5.74, 6) is 0. The van der Waals surface area contributed by atoms with Crippen molar-refractivity contribution in [1.82, 2.24) is 5.59 Å². The van der Waals surface area contributed by atoms with E-state index in [2.05, 4.69) is 15.5 Å². The van der Waals surface area contributed by atoms with E-state index in [0.717, 1.165) is 12.8 Å². The Morgan fingerprint density at radius 2 is 2.56 bits per heavy atom. The molecule has 4 heteroatoms. The van der Waals surface area contributed by atoms with Crippen LogP contribution in [0, 0.1) is 0 Å². The van der Waals surface area contributed by atoms with Gasteiger partial charge in [-0.2, -0.15) is 5.59 Å². The van der Waals surface area contributed by atoms with Crippen LogP contribution >= 0.6 is 0 Å². The van der Waals surface area contributed by atoms with Gasteiger partial charge >= 0.3 is 0 Å². The topological polar surface area (TPSA) is 50.7 Å². The van der Waals surface area contributed by atoms with Crippen molar-refractivity contribution >= 4 is 6.08 Å². The molecule has 0 saturated carbocycles. The molecule has 0 bridgehead atoms. The van der Waals surface area contributed by atoms with Gasteiger partial charge in [0.15, 0.2) is 0 Å². The molecule has 9 heavy (non-hydrogen) atoms. The Kier molecular flexibility index (Phi) is 6.46. The van der Waals surface area contributed by atoms with Crippen LogP contribution in [0.2, 0.25) is 0 Å². The maximum Gasteiger partial charge on any atom is 0.260 e. The largest absolute Gasteiger partial charge is 0.260 e. The van der Waals surface area contributed by atoms with Gasteiger partial charge in [0, 0.05) is 0 Å². The van der Waals surface area contributed by atoms with E-state index >= 15 is 0 Å². The number of hydrogen-bond acceptors (Lipinski definition) is 4. The summed E-state index contributed by atoms with van der Waals surface area (Å²) in [4.78, 5) is 14.0. The van der Waals surface area contributed by atoms with Gasteiger partial charge in [0.25, 0.3) is 6.08 Å². The fraction of sp³-hybridized carbons (Fsp3) is 0.800. The van der Waals surface area contributed by atoms with E-state index < -0.39 is 0 Å². The van der Waals surface area contributed by atoms with Crippen LogP contribution in [-0.4, -0.2) is 12.7 Å². The first kappa shape index (κ1) is 8.14. The van der Waals surface area contributed by atoms with Crippen LogP contribution in [-0.2, 0) is 9.63 Å². The van der Waals surface area contributed by atoms with E-state index in [1.54, 1.807) is 0 Å². The third-order valence-electron chi connectivity index (χ3n) is 0.756. The second-order valence-electron chi connectivity index (χ2n) is 1.50. The van der Waals surface area contributed by atoms with Gasteiger partial charge in [0.2, 0.25) is 0 Å². The Hall–Kier alpha value is -0.860. The molecule has 1 N–H and O–H groups in total. The molecule has 0 spiro atoms. The molecule has 0 aliphatic carbocycles. The molecule has 0 aromatic heterocycles. The average Bonchev–Trinajstić information content (AvgIpc) is 1.89. The Balaban J connectivity index is 2.82. The lowest BCUT2D eigenvalue weighted by atomic mass is 10.4. The van der Waals surface area contributed by atoms with Gasteiger partial charge < -0.3 is 0 Å². The zero-order chi connectivity index (χ0) is 6.95. The lowest BCUT2D eigenvalue weighted by Crippen LogP contribution is -2.06. The summed E-state index contributed by atoms with van der Waals surface area (Å²) in [5.41, 5.74) is 2.07. The molecule has 0 heterocycles. The van der Waals surface area contributed by atoms with Crippen molar-refractivity contribution in [2.45, 2.75) is 19.8 Å². The predicted octanol–water partition coefficient (Wildman–Crippen LogP) is 0.558. The third kappa shape index (κ3) is 7.14. The normalized spacial score (nSPS) is 8.11. The highest BCUT2D eigenvalue weighted by Gasteiger charge is 1.80. The molecule has 0 aromatic rings. The SMILES string of the molecule is CCCCONN=C=O. The third-order valence-corrected chi connectivity index (χ3v) is 0.756. The number of nitrogens with one attached hydrogen (secondary N) is 1. The highest BCUT2D eigenvalue weighted by atomic mass is 16.7. The molecular formula is C5H10N2O2. The first-order chi connectivity index (χ1) is 4.41. The predicted molar refractivity (Wildman–Crippen MR) is 32.1 cm³/mol. The number of isocyanates is 1. The number of unbranched alkanes of at least 4 members (excludes halogenated alkanes) is 1. The van der Waals surface area contributed by atoms with E-state index in [9.17, 15) is 4.79 Å². The van der Waals surface area contributed by atoms with Gasteiger partial charge in [-0.05, 0) is 6.42 Å². The molecule has 0 rings (SSSR count). The second kappa shape index (κ2) is 7.14. The fourth-order valence-electron chi connectivity index (χ4n) is 0.313. The number of nitrogens with zero attached hydrogens (tertiary/aromatic N) is 1. The van der Waals surface area contributed by atoms with Crippen LogP contribution in [0.3, 0.4) is 0 Å². The Labute approximate surface area is 53.8 Å². The Morgan fingerprint density at radius 3 is 3.11 bits per heavy atom. The number of hydrazone groups is 1. The van der Waals surface area contributed by atoms with E-state index in [-0.39, 0.29) is 0 Å². The molecule has 0 atom stereocenters. The summed E-state index contributed by atoms with van der Waals surface area (Å²) in [6.45, 7) is 2.62. The summed E-state index contributed by atoms with van der Waals surface area (Å²) in [5, 5.41) is 2.97. The molecule has 4 nitrogen and oxygen atoms in total. The van der Waals surface area contributed by atoms with E-state index in [4.69, 9.17) is 0 Å². The van der Waals surface area contributed by atoms with Crippen molar-refractivity contribution in [3.05, 3.63) is 0 Å². The monoisotopic (exact) mass is 130 g/mol. The van der Waals surface area contributed by atoms with Crippen LogP contribution < -0.4 is 5.59 Å². The van der Waals surface area contributed by atoms with E-state index in [1.807, 2.05) is 6.92 Å². The lowest BCUT2D eigenvalue weighted by Gasteiger charge is -1.95. The lowest BCUT2D eigenvalue weighted by molar-refractivity contribution is 0.0413. The van der Waals surface area contributed by atoms with Crippen molar-refractivity contribution in [2.75, 3.05) is 6.61 Å². The zero-order valence-electron chi connectivity index (χ0n) is 5.39. The van der Waals surface area contributed by atoms with Crippen LogP contribution in [0.1, 0.15) is 19.8 Å². The summed E-state index contributed by atoms with van der Waals surface area (Å²) in [6, 6.07) is 0. The molecule has 0 fully saturated rings. The zero-order valence-corrected chi connectivity index (χ0v) is 5.39. The summed E-state index contributed by atoms with van der Waals surface area (Å²) in [6.07, 6.45) is 3.31. The molecule has 0 aromatic carbocycles.